The van der Waals surface area contributed by atoms with E-state index in [-0.39, 0.29) is 11.9 Å². The molecular weight excluding hydrogens is 230 g/mol. The second kappa shape index (κ2) is 4.34. The standard InChI is InChI=1S/C13H15N3O2/c14-9-1-2-11-8(5-9)6-12(16-11)13(17)15-10-3-4-18-7-10/h1-2,5-6,10,16H,3-4,7,14H2,(H,15,17). The minimum atomic E-state index is -0.0970. The smallest absolute Gasteiger partial charge is 0.268 e. The van der Waals surface area contributed by atoms with Gasteiger partial charge in [-0.25, -0.2) is 0 Å². The van der Waals surface area contributed by atoms with Gasteiger partial charge in [0, 0.05) is 23.2 Å². The van der Waals surface area contributed by atoms with Crippen molar-refractivity contribution in [1.82, 2.24) is 10.3 Å². The lowest BCUT2D eigenvalue weighted by Gasteiger charge is -2.08. The molecule has 5 nitrogen and oxygen atoms in total. The molecule has 0 saturated carbocycles. The highest BCUT2D eigenvalue weighted by Gasteiger charge is 2.19. The monoisotopic (exact) mass is 245 g/mol. The molecule has 1 aliphatic rings. The van der Waals surface area contributed by atoms with E-state index in [2.05, 4.69) is 10.3 Å². The van der Waals surface area contributed by atoms with Gasteiger partial charge in [-0.2, -0.15) is 0 Å². The Balaban J connectivity index is 1.82. The van der Waals surface area contributed by atoms with Gasteiger partial charge in [0.25, 0.3) is 5.91 Å². The molecule has 94 valence electrons. The Morgan fingerprint density at radius 2 is 2.33 bits per heavy atom. The summed E-state index contributed by atoms with van der Waals surface area (Å²) in [5.41, 5.74) is 7.87. The van der Waals surface area contributed by atoms with E-state index in [1.807, 2.05) is 24.3 Å². The Morgan fingerprint density at radius 1 is 1.44 bits per heavy atom. The zero-order valence-corrected chi connectivity index (χ0v) is 9.90. The van der Waals surface area contributed by atoms with Crippen LogP contribution >= 0.6 is 0 Å². The maximum atomic E-state index is 12.0. The van der Waals surface area contributed by atoms with E-state index in [0.29, 0.717) is 24.6 Å². The summed E-state index contributed by atoms with van der Waals surface area (Å²) in [6.07, 6.45) is 0.874. The molecule has 1 aliphatic heterocycles. The molecule has 18 heavy (non-hydrogen) atoms. The van der Waals surface area contributed by atoms with E-state index in [9.17, 15) is 4.79 Å². The molecule has 3 rings (SSSR count). The zero-order chi connectivity index (χ0) is 12.5. The van der Waals surface area contributed by atoms with E-state index in [0.717, 1.165) is 17.3 Å². The lowest BCUT2D eigenvalue weighted by Crippen LogP contribution is -2.35. The number of aromatic nitrogens is 1. The number of hydrogen-bond acceptors (Lipinski definition) is 3. The van der Waals surface area contributed by atoms with E-state index < -0.39 is 0 Å². The molecule has 2 heterocycles. The van der Waals surface area contributed by atoms with E-state index in [1.165, 1.54) is 0 Å². The first-order chi connectivity index (χ1) is 8.72. The largest absolute Gasteiger partial charge is 0.399 e. The molecule has 1 unspecified atom stereocenters. The van der Waals surface area contributed by atoms with Crippen LogP contribution < -0.4 is 11.1 Å². The van der Waals surface area contributed by atoms with E-state index in [4.69, 9.17) is 10.5 Å². The van der Waals surface area contributed by atoms with Gasteiger partial charge in [-0.3, -0.25) is 4.79 Å². The van der Waals surface area contributed by atoms with Gasteiger partial charge in [0.1, 0.15) is 5.69 Å². The average Bonchev–Trinajstić information content (AvgIpc) is 2.96. The highest BCUT2D eigenvalue weighted by molar-refractivity contribution is 5.98. The highest BCUT2D eigenvalue weighted by atomic mass is 16.5. The summed E-state index contributed by atoms with van der Waals surface area (Å²) in [6.45, 7) is 1.31. The summed E-state index contributed by atoms with van der Waals surface area (Å²) in [5, 5.41) is 3.89. The number of fused-ring (bicyclic) bond motifs is 1. The van der Waals surface area contributed by atoms with E-state index >= 15 is 0 Å². The van der Waals surface area contributed by atoms with Crippen LogP contribution in [-0.4, -0.2) is 30.1 Å². The van der Waals surface area contributed by atoms with Gasteiger partial charge in [-0.05, 0) is 30.7 Å². The molecule has 0 bridgehead atoms. The van der Waals surface area contributed by atoms with Crippen molar-refractivity contribution < 1.29 is 9.53 Å². The Kier molecular flexibility index (Phi) is 2.68. The van der Waals surface area contributed by atoms with Gasteiger partial charge in [0.2, 0.25) is 0 Å². The Bertz CT molecular complexity index is 585. The van der Waals surface area contributed by atoms with Gasteiger partial charge in [0.15, 0.2) is 0 Å². The van der Waals surface area contributed by atoms with Crippen molar-refractivity contribution in [3.05, 3.63) is 30.0 Å². The number of nitrogens with one attached hydrogen (secondary N) is 2. The Morgan fingerprint density at radius 3 is 3.11 bits per heavy atom. The number of ether oxygens (including phenoxy) is 1. The third kappa shape index (κ3) is 2.04. The maximum absolute atomic E-state index is 12.0. The van der Waals surface area contributed by atoms with Crippen LogP contribution in [0, 0.1) is 0 Å². The molecule has 0 radical (unpaired) electrons. The first-order valence-corrected chi connectivity index (χ1v) is 5.99. The quantitative estimate of drug-likeness (QED) is 0.697. The van der Waals surface area contributed by atoms with Crippen molar-refractivity contribution in [3.8, 4) is 0 Å². The number of aromatic amines is 1. The van der Waals surface area contributed by atoms with Crippen molar-refractivity contribution in [2.24, 2.45) is 0 Å². The van der Waals surface area contributed by atoms with Crippen LogP contribution in [0.25, 0.3) is 10.9 Å². The SMILES string of the molecule is Nc1ccc2[nH]c(C(=O)NC3CCOC3)cc2c1. The number of carbonyl (C=O) groups excluding carboxylic acids is 1. The fraction of sp³-hybridized carbons (Fsp3) is 0.308. The first kappa shape index (κ1) is 11.1. The van der Waals surface area contributed by atoms with Gasteiger partial charge in [0.05, 0.1) is 12.6 Å². The number of anilines is 1. The molecule has 1 amide bonds. The fourth-order valence-corrected chi connectivity index (χ4v) is 2.18. The summed E-state index contributed by atoms with van der Waals surface area (Å²) in [4.78, 5) is 15.1. The van der Waals surface area contributed by atoms with Gasteiger partial charge in [-0.1, -0.05) is 0 Å². The van der Waals surface area contributed by atoms with Crippen LogP contribution in [0.5, 0.6) is 0 Å². The molecule has 1 fully saturated rings. The molecule has 0 spiro atoms. The van der Waals surface area contributed by atoms with Crippen molar-refractivity contribution >= 4 is 22.5 Å². The summed E-state index contributed by atoms with van der Waals surface area (Å²) < 4.78 is 5.23. The molecule has 5 heteroatoms. The summed E-state index contributed by atoms with van der Waals surface area (Å²) in [6, 6.07) is 7.47. The summed E-state index contributed by atoms with van der Waals surface area (Å²) >= 11 is 0. The summed E-state index contributed by atoms with van der Waals surface area (Å²) in [5.74, 6) is -0.0970. The molecule has 1 aromatic heterocycles. The number of rotatable bonds is 2. The molecular formula is C13H15N3O2. The predicted octanol–water partition coefficient (Wildman–Crippen LogP) is 1.27. The molecule has 1 atom stereocenters. The lowest BCUT2D eigenvalue weighted by molar-refractivity contribution is 0.0925. The third-order valence-corrected chi connectivity index (χ3v) is 3.15. The number of hydrogen-bond donors (Lipinski definition) is 3. The summed E-state index contributed by atoms with van der Waals surface area (Å²) in [7, 11) is 0. The topological polar surface area (TPSA) is 80.1 Å². The van der Waals surface area contributed by atoms with Gasteiger partial charge >= 0.3 is 0 Å². The maximum Gasteiger partial charge on any atom is 0.268 e. The van der Waals surface area contributed by atoms with Crippen molar-refractivity contribution in [1.29, 1.82) is 0 Å². The molecule has 0 aliphatic carbocycles. The number of benzene rings is 1. The number of nitrogens with two attached hydrogens (primary N) is 1. The molecule has 1 saturated heterocycles. The number of nitrogen functional groups attached to an aromatic ring is 1. The minimum Gasteiger partial charge on any atom is -0.399 e. The number of carbonyl (C=O) groups is 1. The molecule has 1 aromatic carbocycles. The van der Waals surface area contributed by atoms with Crippen molar-refractivity contribution in [2.75, 3.05) is 18.9 Å². The normalized spacial score (nSPS) is 19.2. The van der Waals surface area contributed by atoms with E-state index in [1.54, 1.807) is 0 Å². The second-order valence-electron chi connectivity index (χ2n) is 4.56. The van der Waals surface area contributed by atoms with Crippen LogP contribution in [0.1, 0.15) is 16.9 Å². The van der Waals surface area contributed by atoms with Crippen LogP contribution in [0.3, 0.4) is 0 Å². The first-order valence-electron chi connectivity index (χ1n) is 5.99. The Labute approximate surface area is 104 Å². The molecule has 2 aromatic rings. The predicted molar refractivity (Wildman–Crippen MR) is 69.4 cm³/mol. The Hall–Kier alpha value is -2.01. The minimum absolute atomic E-state index is 0.0970. The van der Waals surface area contributed by atoms with Crippen molar-refractivity contribution in [2.45, 2.75) is 12.5 Å². The number of amides is 1. The van der Waals surface area contributed by atoms with Crippen LogP contribution in [0.2, 0.25) is 0 Å². The van der Waals surface area contributed by atoms with Crippen molar-refractivity contribution in [3.63, 3.8) is 0 Å². The highest BCUT2D eigenvalue weighted by Crippen LogP contribution is 2.18. The average molecular weight is 245 g/mol. The van der Waals surface area contributed by atoms with Gasteiger partial charge in [-0.15, -0.1) is 0 Å². The fourth-order valence-electron chi connectivity index (χ4n) is 2.18. The lowest BCUT2D eigenvalue weighted by atomic mass is 10.2. The second-order valence-corrected chi connectivity index (χ2v) is 4.56. The van der Waals surface area contributed by atoms with Gasteiger partial charge < -0.3 is 20.8 Å². The van der Waals surface area contributed by atoms with Crippen LogP contribution in [-0.2, 0) is 4.74 Å². The van der Waals surface area contributed by atoms with Crippen LogP contribution in [0.4, 0.5) is 5.69 Å². The number of H-pyrrole nitrogens is 1. The zero-order valence-electron chi connectivity index (χ0n) is 9.90. The molecule has 4 N–H and O–H groups in total. The third-order valence-electron chi connectivity index (χ3n) is 3.15. The van der Waals surface area contributed by atoms with Crippen LogP contribution in [0.15, 0.2) is 24.3 Å².